The maximum absolute atomic E-state index is 13.1. The van der Waals surface area contributed by atoms with Crippen molar-refractivity contribution >= 4 is 17.7 Å². The van der Waals surface area contributed by atoms with Crippen LogP contribution in [0.5, 0.6) is 0 Å². The van der Waals surface area contributed by atoms with Gasteiger partial charge in [-0.05, 0) is 45.4 Å². The van der Waals surface area contributed by atoms with Crippen molar-refractivity contribution in [3.8, 4) is 0 Å². The first-order valence-electron chi connectivity index (χ1n) is 10.2. The Balaban J connectivity index is 1.96. The van der Waals surface area contributed by atoms with Crippen LogP contribution in [0, 0.1) is 0 Å². The molecule has 1 unspecified atom stereocenters. The molecule has 5 nitrogen and oxygen atoms in total. The number of carbonyl (C=O) groups excluding carboxylic acids is 1. The Hall–Kier alpha value is -2.79. The van der Waals surface area contributed by atoms with Crippen molar-refractivity contribution in [3.63, 3.8) is 0 Å². The molecule has 1 aromatic heterocycles. The number of amides is 1. The molecule has 0 saturated carbocycles. The van der Waals surface area contributed by atoms with Crippen LogP contribution >= 0.6 is 11.6 Å². The van der Waals surface area contributed by atoms with Gasteiger partial charge in [0.2, 0.25) is 0 Å². The lowest BCUT2D eigenvalue weighted by Gasteiger charge is -2.31. The van der Waals surface area contributed by atoms with Gasteiger partial charge in [-0.2, -0.15) is 0 Å². The third-order valence-corrected chi connectivity index (χ3v) is 5.14. The van der Waals surface area contributed by atoms with Crippen LogP contribution in [0.4, 0.5) is 4.79 Å². The molecule has 2 aromatic carbocycles. The summed E-state index contributed by atoms with van der Waals surface area (Å²) in [6.07, 6.45) is 2.63. The predicted octanol–water partition coefficient (Wildman–Crippen LogP) is 5.93. The standard InChI is InChI=1S/C24H28ClN3O2/c1-17(2)28(18(3)4)24(29)30-22(20-10-12-21(25)13-11-20)23-26-14-15-27(23)16-19-8-6-5-7-9-19/h5-15,17-18,22H,16H2,1-4H3. The van der Waals surface area contributed by atoms with E-state index in [1.807, 2.05) is 68.8 Å². The minimum atomic E-state index is -0.645. The molecule has 6 heteroatoms. The Morgan fingerprint density at radius 1 is 1.03 bits per heavy atom. The van der Waals surface area contributed by atoms with Gasteiger partial charge in [0.25, 0.3) is 0 Å². The highest BCUT2D eigenvalue weighted by Crippen LogP contribution is 2.28. The number of aromatic nitrogens is 2. The van der Waals surface area contributed by atoms with E-state index in [2.05, 4.69) is 17.1 Å². The number of carbonyl (C=O) groups is 1. The molecule has 3 aromatic rings. The minimum Gasteiger partial charge on any atom is -0.433 e. The molecule has 0 fully saturated rings. The fourth-order valence-electron chi connectivity index (χ4n) is 3.56. The highest BCUT2D eigenvalue weighted by atomic mass is 35.5. The number of nitrogens with zero attached hydrogens (tertiary/aromatic N) is 3. The number of ether oxygens (including phenoxy) is 1. The quantitative estimate of drug-likeness (QED) is 0.471. The molecule has 0 spiro atoms. The maximum Gasteiger partial charge on any atom is 0.411 e. The first-order chi connectivity index (χ1) is 14.4. The van der Waals surface area contributed by atoms with Gasteiger partial charge in [0.1, 0.15) is 0 Å². The maximum atomic E-state index is 13.1. The van der Waals surface area contributed by atoms with Crippen molar-refractivity contribution in [2.75, 3.05) is 0 Å². The van der Waals surface area contributed by atoms with Gasteiger partial charge in [-0.15, -0.1) is 0 Å². The van der Waals surface area contributed by atoms with Crippen LogP contribution in [0.25, 0.3) is 0 Å². The van der Waals surface area contributed by atoms with Crippen LogP contribution in [0.1, 0.15) is 50.8 Å². The summed E-state index contributed by atoms with van der Waals surface area (Å²) >= 11 is 6.08. The van der Waals surface area contributed by atoms with Gasteiger partial charge >= 0.3 is 6.09 Å². The Labute approximate surface area is 183 Å². The van der Waals surface area contributed by atoms with E-state index in [1.54, 1.807) is 23.2 Å². The van der Waals surface area contributed by atoms with Crippen LogP contribution < -0.4 is 0 Å². The summed E-state index contributed by atoms with van der Waals surface area (Å²) in [6.45, 7) is 8.56. The lowest BCUT2D eigenvalue weighted by atomic mass is 10.1. The van der Waals surface area contributed by atoms with Crippen molar-refractivity contribution in [2.45, 2.75) is 52.4 Å². The third kappa shape index (κ3) is 5.22. The van der Waals surface area contributed by atoms with Gasteiger partial charge in [-0.1, -0.05) is 54.1 Å². The molecule has 0 aliphatic rings. The highest BCUT2D eigenvalue weighted by molar-refractivity contribution is 6.30. The molecule has 30 heavy (non-hydrogen) atoms. The summed E-state index contributed by atoms with van der Waals surface area (Å²) in [5, 5.41) is 0.627. The van der Waals surface area contributed by atoms with Gasteiger partial charge in [0.15, 0.2) is 11.9 Å². The molecule has 1 heterocycles. The smallest absolute Gasteiger partial charge is 0.411 e. The summed E-state index contributed by atoms with van der Waals surface area (Å²) in [6, 6.07) is 17.5. The lowest BCUT2D eigenvalue weighted by Crippen LogP contribution is -2.43. The van der Waals surface area contributed by atoms with E-state index in [1.165, 1.54) is 0 Å². The van der Waals surface area contributed by atoms with Gasteiger partial charge in [-0.3, -0.25) is 0 Å². The van der Waals surface area contributed by atoms with E-state index >= 15 is 0 Å². The topological polar surface area (TPSA) is 47.4 Å². The number of halogens is 1. The number of rotatable bonds is 7. The van der Waals surface area contributed by atoms with E-state index in [9.17, 15) is 4.79 Å². The van der Waals surface area contributed by atoms with E-state index in [0.717, 1.165) is 11.1 Å². The molecule has 0 radical (unpaired) electrons. The van der Waals surface area contributed by atoms with E-state index in [0.29, 0.717) is 17.4 Å². The van der Waals surface area contributed by atoms with Crippen molar-refractivity contribution < 1.29 is 9.53 Å². The summed E-state index contributed by atoms with van der Waals surface area (Å²) in [5.74, 6) is 0.669. The Morgan fingerprint density at radius 3 is 2.27 bits per heavy atom. The van der Waals surface area contributed by atoms with Gasteiger partial charge in [0, 0.05) is 41.6 Å². The van der Waals surface area contributed by atoms with Gasteiger partial charge < -0.3 is 14.2 Å². The van der Waals surface area contributed by atoms with Crippen LogP contribution in [-0.4, -0.2) is 32.6 Å². The number of hydrogen-bond donors (Lipinski definition) is 0. The van der Waals surface area contributed by atoms with Crippen LogP contribution in [0.2, 0.25) is 5.02 Å². The largest absolute Gasteiger partial charge is 0.433 e. The average Bonchev–Trinajstić information content (AvgIpc) is 3.15. The van der Waals surface area contributed by atoms with Crippen LogP contribution in [-0.2, 0) is 11.3 Å². The lowest BCUT2D eigenvalue weighted by molar-refractivity contribution is 0.0541. The average molecular weight is 426 g/mol. The fraction of sp³-hybridized carbons (Fsp3) is 0.333. The molecule has 0 aliphatic carbocycles. The second-order valence-corrected chi connectivity index (χ2v) is 8.25. The zero-order chi connectivity index (χ0) is 21.7. The fourth-order valence-corrected chi connectivity index (χ4v) is 3.69. The zero-order valence-corrected chi connectivity index (χ0v) is 18.6. The normalized spacial score (nSPS) is 12.2. The van der Waals surface area contributed by atoms with E-state index in [-0.39, 0.29) is 18.2 Å². The van der Waals surface area contributed by atoms with Gasteiger partial charge in [0.05, 0.1) is 0 Å². The Bertz CT molecular complexity index is 944. The molecular formula is C24H28ClN3O2. The summed E-state index contributed by atoms with van der Waals surface area (Å²) in [4.78, 5) is 19.4. The Kier molecular flexibility index (Phi) is 7.16. The second-order valence-electron chi connectivity index (χ2n) is 7.81. The van der Waals surface area contributed by atoms with Crippen molar-refractivity contribution in [3.05, 3.63) is 89.0 Å². The first kappa shape index (κ1) is 21.9. The highest BCUT2D eigenvalue weighted by Gasteiger charge is 2.29. The monoisotopic (exact) mass is 425 g/mol. The molecule has 0 N–H and O–H groups in total. The van der Waals surface area contributed by atoms with E-state index < -0.39 is 6.10 Å². The molecule has 158 valence electrons. The third-order valence-electron chi connectivity index (χ3n) is 4.89. The van der Waals surface area contributed by atoms with Crippen LogP contribution in [0.3, 0.4) is 0 Å². The number of hydrogen-bond acceptors (Lipinski definition) is 3. The first-order valence-corrected chi connectivity index (χ1v) is 10.5. The molecule has 1 atom stereocenters. The Morgan fingerprint density at radius 2 is 1.67 bits per heavy atom. The van der Waals surface area contributed by atoms with Crippen molar-refractivity contribution in [2.24, 2.45) is 0 Å². The van der Waals surface area contributed by atoms with Gasteiger partial charge in [-0.25, -0.2) is 9.78 Å². The summed E-state index contributed by atoms with van der Waals surface area (Å²) in [5.41, 5.74) is 1.96. The minimum absolute atomic E-state index is 0.0208. The number of benzene rings is 2. The molecule has 0 bridgehead atoms. The summed E-state index contributed by atoms with van der Waals surface area (Å²) in [7, 11) is 0. The molecule has 1 amide bonds. The molecular weight excluding hydrogens is 398 g/mol. The number of imidazole rings is 1. The SMILES string of the molecule is CC(C)N(C(=O)OC(c1ccc(Cl)cc1)c1nccn1Cc1ccccc1)C(C)C. The van der Waals surface area contributed by atoms with Crippen LogP contribution in [0.15, 0.2) is 67.0 Å². The zero-order valence-electron chi connectivity index (χ0n) is 17.8. The van der Waals surface area contributed by atoms with E-state index in [4.69, 9.17) is 16.3 Å². The molecule has 0 aliphatic heterocycles. The van der Waals surface area contributed by atoms with Crippen molar-refractivity contribution in [1.82, 2.24) is 14.5 Å². The predicted molar refractivity (Wildman–Crippen MR) is 120 cm³/mol. The summed E-state index contributed by atoms with van der Waals surface area (Å²) < 4.78 is 8.06. The molecule has 0 saturated heterocycles. The molecule has 3 rings (SSSR count). The van der Waals surface area contributed by atoms with Crippen molar-refractivity contribution in [1.29, 1.82) is 0 Å². The second kappa shape index (κ2) is 9.81.